The molecule has 0 saturated carbocycles. The fraction of sp³-hybridized carbons (Fsp3) is 0.750. The fourth-order valence-electron chi connectivity index (χ4n) is 2.24. The Morgan fingerprint density at radius 3 is 2.11 bits per heavy atom. The summed E-state index contributed by atoms with van der Waals surface area (Å²) in [6.07, 6.45) is 0.0161. The third-order valence-electron chi connectivity index (χ3n) is 3.68. The number of hydrogen-bond donors (Lipinski definition) is 7. The molecule has 27 heavy (non-hydrogen) atoms. The minimum Gasteiger partial charge on any atom is -0.481 e. The lowest BCUT2D eigenvalue weighted by Gasteiger charge is -2.20. The maximum absolute atomic E-state index is 12.0. The van der Waals surface area contributed by atoms with Crippen LogP contribution in [0.3, 0.4) is 0 Å². The number of rotatable bonds is 14. The molecule has 9 N–H and O–H groups in total. The standard InChI is InChI=1S/C16H31N5O6/c1-9(2)20-12(8-17)15(25)19-7-3-4-11(16(26)27)21-14(24)10(18)5-6-13(22)23/h9-12,20H,3-8,17-18H2,1-2H3,(H,19,25)(H,21,24)(H,22,23)(H,26,27)/t10-,11?,12-/m0/s1. The highest BCUT2D eigenvalue weighted by Crippen LogP contribution is 2.01. The van der Waals surface area contributed by atoms with Crippen molar-refractivity contribution in [3.8, 4) is 0 Å². The SMILES string of the molecule is CC(C)N[C@@H](CN)C(=O)NCCCC(NC(=O)[C@@H](N)CCC(=O)O)C(=O)O. The molecule has 0 aliphatic heterocycles. The monoisotopic (exact) mass is 389 g/mol. The molecule has 0 fully saturated rings. The topological polar surface area (TPSA) is 197 Å². The van der Waals surface area contributed by atoms with Gasteiger partial charge in [0.05, 0.1) is 12.1 Å². The number of nitrogens with one attached hydrogen (secondary N) is 3. The minimum absolute atomic E-state index is 0.0813. The third kappa shape index (κ3) is 11.2. The highest BCUT2D eigenvalue weighted by molar-refractivity contribution is 5.87. The Morgan fingerprint density at radius 1 is 1.00 bits per heavy atom. The summed E-state index contributed by atoms with van der Waals surface area (Å²) in [5, 5.41) is 25.7. The fourth-order valence-corrected chi connectivity index (χ4v) is 2.24. The van der Waals surface area contributed by atoms with Crippen LogP contribution in [0, 0.1) is 0 Å². The minimum atomic E-state index is -1.23. The molecule has 0 rings (SSSR count). The van der Waals surface area contributed by atoms with Crippen LogP contribution in [0.1, 0.15) is 39.5 Å². The summed E-state index contributed by atoms with van der Waals surface area (Å²) in [6, 6.07) is -2.73. The van der Waals surface area contributed by atoms with Crippen LogP contribution in [0.4, 0.5) is 0 Å². The van der Waals surface area contributed by atoms with Gasteiger partial charge in [-0.05, 0) is 19.3 Å². The van der Waals surface area contributed by atoms with Crippen molar-refractivity contribution in [2.75, 3.05) is 13.1 Å². The highest BCUT2D eigenvalue weighted by Gasteiger charge is 2.23. The molecule has 0 radical (unpaired) electrons. The summed E-state index contributed by atoms with van der Waals surface area (Å²) in [5.74, 6) is -3.33. The van der Waals surface area contributed by atoms with E-state index in [1.807, 2.05) is 13.8 Å². The number of carbonyl (C=O) groups excluding carboxylic acids is 2. The second-order valence-corrected chi connectivity index (χ2v) is 6.48. The summed E-state index contributed by atoms with van der Waals surface area (Å²) in [4.78, 5) is 45.6. The van der Waals surface area contributed by atoms with E-state index in [2.05, 4.69) is 16.0 Å². The number of carboxylic acid groups (broad SMARTS) is 2. The summed E-state index contributed by atoms with van der Waals surface area (Å²) in [6.45, 7) is 4.13. The van der Waals surface area contributed by atoms with Crippen LogP contribution in [0.25, 0.3) is 0 Å². The van der Waals surface area contributed by atoms with Gasteiger partial charge in [0.15, 0.2) is 0 Å². The molecule has 0 saturated heterocycles. The van der Waals surface area contributed by atoms with Gasteiger partial charge in [-0.3, -0.25) is 14.4 Å². The Labute approximate surface area is 158 Å². The number of amides is 2. The summed E-state index contributed by atoms with van der Waals surface area (Å²) < 4.78 is 0. The third-order valence-corrected chi connectivity index (χ3v) is 3.68. The van der Waals surface area contributed by atoms with Crippen LogP contribution in [-0.2, 0) is 19.2 Å². The Morgan fingerprint density at radius 2 is 1.63 bits per heavy atom. The maximum atomic E-state index is 12.0. The quantitative estimate of drug-likeness (QED) is 0.164. The zero-order chi connectivity index (χ0) is 21.0. The van der Waals surface area contributed by atoms with Gasteiger partial charge in [0.1, 0.15) is 6.04 Å². The first-order chi connectivity index (χ1) is 12.6. The molecule has 0 aliphatic carbocycles. The largest absolute Gasteiger partial charge is 0.481 e. The summed E-state index contributed by atoms with van der Waals surface area (Å²) >= 11 is 0. The Hall–Kier alpha value is -2.24. The second-order valence-electron chi connectivity index (χ2n) is 6.48. The van der Waals surface area contributed by atoms with E-state index in [1.54, 1.807) is 0 Å². The predicted molar refractivity (Wildman–Crippen MR) is 97.8 cm³/mol. The molecular formula is C16H31N5O6. The molecule has 0 aliphatic rings. The van der Waals surface area contributed by atoms with Crippen LogP contribution in [-0.4, -0.2) is 71.2 Å². The van der Waals surface area contributed by atoms with Gasteiger partial charge in [0.25, 0.3) is 0 Å². The summed E-state index contributed by atoms with van der Waals surface area (Å²) in [5.41, 5.74) is 11.1. The zero-order valence-electron chi connectivity index (χ0n) is 15.7. The molecule has 0 bridgehead atoms. The van der Waals surface area contributed by atoms with Crippen LogP contribution in [0.15, 0.2) is 0 Å². The van der Waals surface area contributed by atoms with E-state index < -0.39 is 36.0 Å². The molecule has 2 amide bonds. The van der Waals surface area contributed by atoms with Gasteiger partial charge >= 0.3 is 11.9 Å². The average molecular weight is 389 g/mol. The van der Waals surface area contributed by atoms with Gasteiger partial charge < -0.3 is 37.6 Å². The normalized spacial score (nSPS) is 14.3. The van der Waals surface area contributed by atoms with Gasteiger partial charge in [0, 0.05) is 25.6 Å². The van der Waals surface area contributed by atoms with E-state index in [0.717, 1.165) is 0 Å². The van der Waals surface area contributed by atoms with Crippen LogP contribution in [0.2, 0.25) is 0 Å². The Balaban J connectivity index is 4.36. The van der Waals surface area contributed by atoms with Crippen molar-refractivity contribution in [1.29, 1.82) is 0 Å². The van der Waals surface area contributed by atoms with Crippen LogP contribution < -0.4 is 27.4 Å². The predicted octanol–water partition coefficient (Wildman–Crippen LogP) is -2.03. The molecule has 11 nitrogen and oxygen atoms in total. The molecule has 0 heterocycles. The van der Waals surface area contributed by atoms with Crippen molar-refractivity contribution in [3.63, 3.8) is 0 Å². The molecule has 11 heteroatoms. The second kappa shape index (κ2) is 13.0. The average Bonchev–Trinajstić information content (AvgIpc) is 2.58. The van der Waals surface area contributed by atoms with Crippen molar-refractivity contribution in [2.24, 2.45) is 11.5 Å². The van der Waals surface area contributed by atoms with Crippen LogP contribution >= 0.6 is 0 Å². The number of aliphatic carboxylic acids is 2. The molecule has 0 spiro atoms. The first kappa shape index (κ1) is 24.8. The van der Waals surface area contributed by atoms with Crippen molar-refractivity contribution in [3.05, 3.63) is 0 Å². The van der Waals surface area contributed by atoms with E-state index in [-0.39, 0.29) is 44.3 Å². The van der Waals surface area contributed by atoms with Crippen molar-refractivity contribution >= 4 is 23.8 Å². The number of carboxylic acids is 2. The lowest BCUT2D eigenvalue weighted by molar-refractivity contribution is -0.142. The molecule has 1 unspecified atom stereocenters. The van der Waals surface area contributed by atoms with Gasteiger partial charge in [-0.25, -0.2) is 4.79 Å². The molecule has 0 aromatic carbocycles. The maximum Gasteiger partial charge on any atom is 0.326 e. The molecule has 0 aromatic heterocycles. The van der Waals surface area contributed by atoms with Crippen LogP contribution in [0.5, 0.6) is 0 Å². The van der Waals surface area contributed by atoms with Crippen molar-refractivity contribution in [2.45, 2.75) is 63.7 Å². The van der Waals surface area contributed by atoms with Gasteiger partial charge in [-0.1, -0.05) is 13.8 Å². The number of hydrogen-bond acceptors (Lipinski definition) is 7. The zero-order valence-corrected chi connectivity index (χ0v) is 15.7. The van der Waals surface area contributed by atoms with Gasteiger partial charge in [-0.15, -0.1) is 0 Å². The van der Waals surface area contributed by atoms with E-state index in [9.17, 15) is 24.3 Å². The molecule has 156 valence electrons. The molecule has 0 aromatic rings. The Bertz CT molecular complexity index is 514. The first-order valence-corrected chi connectivity index (χ1v) is 8.82. The first-order valence-electron chi connectivity index (χ1n) is 8.82. The summed E-state index contributed by atoms with van der Waals surface area (Å²) in [7, 11) is 0. The van der Waals surface area contributed by atoms with Crippen molar-refractivity contribution < 1.29 is 29.4 Å². The molecular weight excluding hydrogens is 358 g/mol. The molecule has 3 atom stereocenters. The lowest BCUT2D eigenvalue weighted by Crippen LogP contribution is -2.51. The number of nitrogens with two attached hydrogens (primary N) is 2. The van der Waals surface area contributed by atoms with E-state index in [1.165, 1.54) is 0 Å². The number of carbonyl (C=O) groups is 4. The highest BCUT2D eigenvalue weighted by atomic mass is 16.4. The van der Waals surface area contributed by atoms with Crippen molar-refractivity contribution in [1.82, 2.24) is 16.0 Å². The van der Waals surface area contributed by atoms with E-state index >= 15 is 0 Å². The van der Waals surface area contributed by atoms with Gasteiger partial charge in [-0.2, -0.15) is 0 Å². The lowest BCUT2D eigenvalue weighted by atomic mass is 10.1. The van der Waals surface area contributed by atoms with E-state index in [4.69, 9.17) is 16.6 Å². The van der Waals surface area contributed by atoms with Gasteiger partial charge in [0.2, 0.25) is 11.8 Å². The van der Waals surface area contributed by atoms with E-state index in [0.29, 0.717) is 6.42 Å². The Kier molecular flexibility index (Phi) is 11.9. The smallest absolute Gasteiger partial charge is 0.326 e.